The molecule has 0 aliphatic carbocycles. The summed E-state index contributed by atoms with van der Waals surface area (Å²) in [5, 5.41) is 0. The Kier molecular flexibility index (Phi) is 6.21. The molecule has 4 nitrogen and oxygen atoms in total. The summed E-state index contributed by atoms with van der Waals surface area (Å²) in [6.45, 7) is 1.29. The third-order valence-corrected chi connectivity index (χ3v) is 6.09. The molecule has 0 fully saturated rings. The molecule has 1 aromatic heterocycles. The lowest BCUT2D eigenvalue weighted by molar-refractivity contribution is 0.0785. The lowest BCUT2D eigenvalue weighted by Crippen LogP contribution is -2.26. The fraction of sp³-hybridized carbons (Fsp3) is 0.133. The Morgan fingerprint density at radius 1 is 0.735 bits per heavy atom. The van der Waals surface area contributed by atoms with Crippen LogP contribution in [0.2, 0.25) is 0 Å². The molecule has 4 heteroatoms. The van der Waals surface area contributed by atoms with E-state index < -0.39 is 0 Å². The largest absolute Gasteiger partial charge is 0.337 e. The Labute approximate surface area is 200 Å². The van der Waals surface area contributed by atoms with Crippen molar-refractivity contribution >= 4 is 16.9 Å². The molecule has 0 bridgehead atoms. The quantitative estimate of drug-likeness (QED) is 0.311. The Morgan fingerprint density at radius 3 is 2.06 bits per heavy atom. The minimum Gasteiger partial charge on any atom is -0.337 e. The van der Waals surface area contributed by atoms with Crippen LogP contribution in [0.4, 0.5) is 0 Å². The highest BCUT2D eigenvalue weighted by Gasteiger charge is 2.14. The molecule has 1 heterocycles. The second-order valence-corrected chi connectivity index (χ2v) is 8.61. The van der Waals surface area contributed by atoms with Crippen molar-refractivity contribution in [2.75, 3.05) is 7.05 Å². The number of nitrogens with zero attached hydrogens (tertiary/aromatic N) is 3. The Balaban J connectivity index is 1.36. The van der Waals surface area contributed by atoms with Crippen LogP contribution < -0.4 is 0 Å². The van der Waals surface area contributed by atoms with E-state index in [2.05, 4.69) is 47.0 Å². The zero-order chi connectivity index (χ0) is 23.3. The molecular formula is C30H27N3O. The normalized spacial score (nSPS) is 11.0. The van der Waals surface area contributed by atoms with Crippen LogP contribution in [0.5, 0.6) is 0 Å². The first kappa shape index (κ1) is 21.7. The van der Waals surface area contributed by atoms with Gasteiger partial charge >= 0.3 is 0 Å². The highest BCUT2D eigenvalue weighted by Crippen LogP contribution is 2.21. The molecule has 0 spiro atoms. The number of carbonyl (C=O) groups excluding carboxylic acids is 1. The molecule has 5 aromatic rings. The van der Waals surface area contributed by atoms with E-state index in [1.807, 2.05) is 73.8 Å². The van der Waals surface area contributed by atoms with Gasteiger partial charge in [0.2, 0.25) is 0 Å². The highest BCUT2D eigenvalue weighted by molar-refractivity contribution is 5.94. The first-order chi connectivity index (χ1) is 16.7. The van der Waals surface area contributed by atoms with Crippen LogP contribution in [-0.2, 0) is 19.5 Å². The number of fused-ring (bicyclic) bond motifs is 1. The molecule has 0 N–H and O–H groups in total. The molecule has 0 radical (unpaired) electrons. The topological polar surface area (TPSA) is 38.1 Å². The summed E-state index contributed by atoms with van der Waals surface area (Å²) in [7, 11) is 1.84. The second-order valence-electron chi connectivity index (χ2n) is 8.61. The molecule has 168 valence electrons. The smallest absolute Gasteiger partial charge is 0.253 e. The van der Waals surface area contributed by atoms with Crippen molar-refractivity contribution in [3.8, 4) is 0 Å². The number of para-hydroxylation sites is 2. The fourth-order valence-electron chi connectivity index (χ4n) is 4.30. The lowest BCUT2D eigenvalue weighted by Gasteiger charge is -2.17. The van der Waals surface area contributed by atoms with E-state index in [0.717, 1.165) is 34.4 Å². The van der Waals surface area contributed by atoms with E-state index in [1.165, 1.54) is 5.56 Å². The predicted octanol–water partition coefficient (Wildman–Crippen LogP) is 5.95. The molecule has 4 aromatic carbocycles. The molecule has 1 amide bonds. The van der Waals surface area contributed by atoms with Gasteiger partial charge in [0.1, 0.15) is 5.82 Å². The average Bonchev–Trinajstić information content (AvgIpc) is 3.22. The van der Waals surface area contributed by atoms with E-state index in [1.54, 1.807) is 4.90 Å². The van der Waals surface area contributed by atoms with Gasteiger partial charge in [-0.1, -0.05) is 84.9 Å². The Morgan fingerprint density at radius 2 is 1.35 bits per heavy atom. The third-order valence-electron chi connectivity index (χ3n) is 6.09. The Hall–Kier alpha value is -4.18. The van der Waals surface area contributed by atoms with Gasteiger partial charge in [0, 0.05) is 32.1 Å². The summed E-state index contributed by atoms with van der Waals surface area (Å²) in [4.78, 5) is 19.6. The summed E-state index contributed by atoms with van der Waals surface area (Å²) < 4.78 is 2.28. The highest BCUT2D eigenvalue weighted by atomic mass is 16.2. The number of rotatable bonds is 7. The van der Waals surface area contributed by atoms with Crippen LogP contribution in [0.1, 0.15) is 32.9 Å². The first-order valence-electron chi connectivity index (χ1n) is 11.5. The molecule has 0 unspecified atom stereocenters. The van der Waals surface area contributed by atoms with Crippen LogP contribution in [0.15, 0.2) is 109 Å². The summed E-state index contributed by atoms with van der Waals surface area (Å²) in [5.74, 6) is 1.06. The Bertz CT molecular complexity index is 1390. The number of hydrogen-bond donors (Lipinski definition) is 0. The molecule has 0 saturated heterocycles. The van der Waals surface area contributed by atoms with Gasteiger partial charge in [-0.2, -0.15) is 0 Å². The minimum absolute atomic E-state index is 0.0215. The summed E-state index contributed by atoms with van der Waals surface area (Å²) in [6, 6.07) is 36.7. The van der Waals surface area contributed by atoms with E-state index in [4.69, 9.17) is 4.98 Å². The predicted molar refractivity (Wildman–Crippen MR) is 137 cm³/mol. The van der Waals surface area contributed by atoms with Gasteiger partial charge in [0.05, 0.1) is 11.0 Å². The summed E-state index contributed by atoms with van der Waals surface area (Å²) in [5.41, 5.74) is 6.32. The number of amides is 1. The van der Waals surface area contributed by atoms with Gasteiger partial charge in [-0.25, -0.2) is 4.98 Å². The maximum atomic E-state index is 12.9. The van der Waals surface area contributed by atoms with Gasteiger partial charge in [0.25, 0.3) is 5.91 Å². The van der Waals surface area contributed by atoms with Crippen LogP contribution >= 0.6 is 0 Å². The van der Waals surface area contributed by atoms with Crippen molar-refractivity contribution < 1.29 is 4.79 Å². The van der Waals surface area contributed by atoms with Crippen LogP contribution in [-0.4, -0.2) is 27.4 Å². The summed E-state index contributed by atoms with van der Waals surface area (Å²) >= 11 is 0. The van der Waals surface area contributed by atoms with Gasteiger partial charge in [-0.05, 0) is 41.0 Å². The number of imidazole rings is 1. The van der Waals surface area contributed by atoms with Gasteiger partial charge < -0.3 is 9.47 Å². The monoisotopic (exact) mass is 445 g/mol. The van der Waals surface area contributed by atoms with Crippen molar-refractivity contribution in [2.24, 2.45) is 0 Å². The molecule has 5 rings (SSSR count). The first-order valence-corrected chi connectivity index (χ1v) is 11.5. The van der Waals surface area contributed by atoms with Gasteiger partial charge in [-0.3, -0.25) is 4.79 Å². The number of hydrogen-bond acceptors (Lipinski definition) is 2. The van der Waals surface area contributed by atoms with Crippen LogP contribution in [0.3, 0.4) is 0 Å². The third kappa shape index (κ3) is 4.76. The number of carbonyl (C=O) groups is 1. The van der Waals surface area contributed by atoms with E-state index in [9.17, 15) is 4.79 Å². The SMILES string of the molecule is CN(Cc1ccccc1)C(=O)c1ccc(Cn2c(Cc3ccccc3)nc3ccccc32)cc1. The lowest BCUT2D eigenvalue weighted by atomic mass is 10.1. The van der Waals surface area contributed by atoms with Crippen LogP contribution in [0, 0.1) is 0 Å². The molecule has 0 atom stereocenters. The van der Waals surface area contributed by atoms with Gasteiger partial charge in [0.15, 0.2) is 0 Å². The van der Waals surface area contributed by atoms with Crippen molar-refractivity contribution in [2.45, 2.75) is 19.5 Å². The maximum Gasteiger partial charge on any atom is 0.253 e. The second kappa shape index (κ2) is 9.75. The van der Waals surface area contributed by atoms with Gasteiger partial charge in [-0.15, -0.1) is 0 Å². The zero-order valence-corrected chi connectivity index (χ0v) is 19.3. The van der Waals surface area contributed by atoms with E-state index in [-0.39, 0.29) is 5.91 Å². The average molecular weight is 446 g/mol. The molecule has 0 saturated carbocycles. The number of benzene rings is 4. The number of aromatic nitrogens is 2. The van der Waals surface area contributed by atoms with Crippen molar-refractivity contribution in [1.82, 2.24) is 14.5 Å². The van der Waals surface area contributed by atoms with E-state index in [0.29, 0.717) is 18.7 Å². The molecule has 0 aliphatic heterocycles. The standard InChI is InChI=1S/C30H27N3O/c1-32(21-24-12-6-3-7-13-24)30(34)26-18-16-25(17-19-26)22-33-28-15-9-8-14-27(28)31-29(33)20-23-10-4-2-5-11-23/h2-19H,20-22H2,1H3. The summed E-state index contributed by atoms with van der Waals surface area (Å²) in [6.07, 6.45) is 0.774. The fourth-order valence-corrected chi connectivity index (χ4v) is 4.30. The molecule has 0 aliphatic rings. The molecular weight excluding hydrogens is 418 g/mol. The zero-order valence-electron chi connectivity index (χ0n) is 19.3. The minimum atomic E-state index is 0.0215. The van der Waals surface area contributed by atoms with Crippen molar-refractivity contribution in [1.29, 1.82) is 0 Å². The van der Waals surface area contributed by atoms with E-state index >= 15 is 0 Å². The van der Waals surface area contributed by atoms with Crippen molar-refractivity contribution in [3.63, 3.8) is 0 Å². The van der Waals surface area contributed by atoms with Crippen molar-refractivity contribution in [3.05, 3.63) is 137 Å². The van der Waals surface area contributed by atoms with Crippen LogP contribution in [0.25, 0.3) is 11.0 Å². The molecule has 34 heavy (non-hydrogen) atoms. The maximum absolute atomic E-state index is 12.9.